The number of hydrogen-bond acceptors (Lipinski definition) is 6. The molecule has 0 radical (unpaired) electrons. The van der Waals surface area contributed by atoms with E-state index in [0.717, 1.165) is 12.0 Å². The largest absolute Gasteiger partial charge is 0.497 e. The molecule has 2 rings (SSSR count). The SMILES string of the molecule is CCCOc1ccc(C(=O)OCC(=O)N[C@@H](C)c2cc(OC)ccc2OC)cc1. The maximum absolute atomic E-state index is 12.2. The van der Waals surface area contributed by atoms with Gasteiger partial charge < -0.3 is 24.3 Å². The molecular weight excluding hydrogens is 374 g/mol. The van der Waals surface area contributed by atoms with Crippen LogP contribution in [0.4, 0.5) is 0 Å². The second-order valence-electron chi connectivity index (χ2n) is 6.35. The predicted octanol–water partition coefficient (Wildman–Crippen LogP) is 3.53. The summed E-state index contributed by atoms with van der Waals surface area (Å²) in [7, 11) is 3.12. The first kappa shape index (κ1) is 22.1. The molecule has 7 nitrogen and oxygen atoms in total. The summed E-state index contributed by atoms with van der Waals surface area (Å²) in [5.41, 5.74) is 1.11. The van der Waals surface area contributed by atoms with Crippen LogP contribution in [0.25, 0.3) is 0 Å². The van der Waals surface area contributed by atoms with E-state index in [9.17, 15) is 9.59 Å². The van der Waals surface area contributed by atoms with Crippen molar-refractivity contribution >= 4 is 11.9 Å². The fourth-order valence-electron chi connectivity index (χ4n) is 2.66. The quantitative estimate of drug-likeness (QED) is 0.613. The Balaban J connectivity index is 1.90. The molecule has 0 aromatic heterocycles. The fourth-order valence-corrected chi connectivity index (χ4v) is 2.66. The Morgan fingerprint density at radius 1 is 1.00 bits per heavy atom. The van der Waals surface area contributed by atoms with Crippen molar-refractivity contribution in [3.05, 3.63) is 53.6 Å². The standard InChI is InChI=1S/C22H27NO6/c1-5-12-28-17-8-6-16(7-9-17)22(25)29-14-21(24)23-15(2)19-13-18(26-3)10-11-20(19)27-4/h6-11,13,15H,5,12,14H2,1-4H3,(H,23,24)/t15-/m0/s1. The third kappa shape index (κ3) is 6.41. The molecule has 1 atom stereocenters. The van der Waals surface area contributed by atoms with Gasteiger partial charge >= 0.3 is 5.97 Å². The summed E-state index contributed by atoms with van der Waals surface area (Å²) >= 11 is 0. The van der Waals surface area contributed by atoms with Crippen LogP contribution in [0.2, 0.25) is 0 Å². The Bertz CT molecular complexity index is 819. The van der Waals surface area contributed by atoms with Gasteiger partial charge in [0.05, 0.1) is 32.4 Å². The van der Waals surface area contributed by atoms with E-state index in [1.54, 1.807) is 56.7 Å². The molecule has 0 spiro atoms. The number of benzene rings is 2. The summed E-state index contributed by atoms with van der Waals surface area (Å²) in [6, 6.07) is 11.6. The topological polar surface area (TPSA) is 83.1 Å². The van der Waals surface area contributed by atoms with Crippen LogP contribution in [0.15, 0.2) is 42.5 Å². The highest BCUT2D eigenvalue weighted by Gasteiger charge is 2.17. The molecule has 0 saturated carbocycles. The lowest BCUT2D eigenvalue weighted by Crippen LogP contribution is -2.31. The van der Waals surface area contributed by atoms with Crippen LogP contribution in [0.1, 0.15) is 42.2 Å². The van der Waals surface area contributed by atoms with Gasteiger partial charge in [-0.3, -0.25) is 4.79 Å². The minimum absolute atomic E-state index is 0.351. The third-order valence-electron chi connectivity index (χ3n) is 4.18. The van der Waals surface area contributed by atoms with Crippen LogP contribution in [0.3, 0.4) is 0 Å². The van der Waals surface area contributed by atoms with Crippen molar-refractivity contribution in [2.75, 3.05) is 27.4 Å². The Labute approximate surface area is 170 Å². The zero-order valence-electron chi connectivity index (χ0n) is 17.2. The molecule has 0 fully saturated rings. The number of carbonyl (C=O) groups is 2. The Morgan fingerprint density at radius 3 is 2.31 bits per heavy atom. The van der Waals surface area contributed by atoms with E-state index in [-0.39, 0.29) is 12.6 Å². The summed E-state index contributed by atoms with van der Waals surface area (Å²) < 4.78 is 21.1. The van der Waals surface area contributed by atoms with Crippen LogP contribution >= 0.6 is 0 Å². The van der Waals surface area contributed by atoms with E-state index in [4.69, 9.17) is 18.9 Å². The number of methoxy groups -OCH3 is 2. The van der Waals surface area contributed by atoms with Gasteiger partial charge in [0.15, 0.2) is 6.61 Å². The van der Waals surface area contributed by atoms with Gasteiger partial charge in [0.1, 0.15) is 17.2 Å². The number of nitrogens with one attached hydrogen (secondary N) is 1. The maximum atomic E-state index is 12.2. The van der Waals surface area contributed by atoms with Crippen LogP contribution in [0, 0.1) is 0 Å². The molecule has 1 amide bonds. The second kappa shape index (κ2) is 10.9. The number of carbonyl (C=O) groups excluding carboxylic acids is 2. The summed E-state index contributed by atoms with van der Waals surface area (Å²) in [5, 5.41) is 2.79. The van der Waals surface area contributed by atoms with Crippen molar-refractivity contribution in [1.29, 1.82) is 0 Å². The molecule has 0 heterocycles. The van der Waals surface area contributed by atoms with E-state index in [0.29, 0.717) is 29.4 Å². The molecule has 0 aliphatic rings. The first-order chi connectivity index (χ1) is 14.0. The molecule has 0 unspecified atom stereocenters. The molecule has 156 valence electrons. The lowest BCUT2D eigenvalue weighted by molar-refractivity contribution is -0.124. The van der Waals surface area contributed by atoms with E-state index in [2.05, 4.69) is 5.32 Å². The predicted molar refractivity (Wildman–Crippen MR) is 109 cm³/mol. The molecule has 29 heavy (non-hydrogen) atoms. The second-order valence-corrected chi connectivity index (χ2v) is 6.35. The van der Waals surface area contributed by atoms with Gasteiger partial charge in [-0.05, 0) is 55.8 Å². The number of amides is 1. The third-order valence-corrected chi connectivity index (χ3v) is 4.18. The van der Waals surface area contributed by atoms with Crippen molar-refractivity contribution in [3.8, 4) is 17.2 Å². The average molecular weight is 401 g/mol. The van der Waals surface area contributed by atoms with Crippen LogP contribution in [-0.2, 0) is 9.53 Å². The van der Waals surface area contributed by atoms with Gasteiger partial charge in [-0.15, -0.1) is 0 Å². The highest BCUT2D eigenvalue weighted by Crippen LogP contribution is 2.29. The highest BCUT2D eigenvalue weighted by atomic mass is 16.5. The van der Waals surface area contributed by atoms with E-state index in [1.807, 2.05) is 13.8 Å². The molecule has 1 N–H and O–H groups in total. The molecule has 2 aromatic rings. The number of hydrogen-bond donors (Lipinski definition) is 1. The zero-order chi connectivity index (χ0) is 21.2. The number of esters is 1. The minimum Gasteiger partial charge on any atom is -0.497 e. The van der Waals surface area contributed by atoms with Crippen LogP contribution in [-0.4, -0.2) is 39.3 Å². The maximum Gasteiger partial charge on any atom is 0.338 e. The van der Waals surface area contributed by atoms with Gasteiger partial charge in [0, 0.05) is 5.56 Å². The smallest absolute Gasteiger partial charge is 0.338 e. The summed E-state index contributed by atoms with van der Waals surface area (Å²) in [6.07, 6.45) is 0.902. The minimum atomic E-state index is -0.575. The normalized spacial score (nSPS) is 11.3. The highest BCUT2D eigenvalue weighted by molar-refractivity contribution is 5.91. The van der Waals surface area contributed by atoms with Gasteiger partial charge in [-0.2, -0.15) is 0 Å². The van der Waals surface area contributed by atoms with Crippen LogP contribution in [0.5, 0.6) is 17.2 Å². The first-order valence-electron chi connectivity index (χ1n) is 9.39. The number of ether oxygens (including phenoxy) is 4. The van der Waals surface area contributed by atoms with Crippen molar-refractivity contribution in [3.63, 3.8) is 0 Å². The number of rotatable bonds is 10. The van der Waals surface area contributed by atoms with Gasteiger partial charge in [-0.1, -0.05) is 6.92 Å². The lowest BCUT2D eigenvalue weighted by atomic mass is 10.1. The molecule has 2 aromatic carbocycles. The summed E-state index contributed by atoms with van der Waals surface area (Å²) in [4.78, 5) is 24.3. The molecule has 0 bridgehead atoms. The molecule has 0 aliphatic heterocycles. The van der Waals surface area contributed by atoms with E-state index >= 15 is 0 Å². The first-order valence-corrected chi connectivity index (χ1v) is 9.39. The van der Waals surface area contributed by atoms with Crippen molar-refractivity contribution in [1.82, 2.24) is 5.32 Å². The monoisotopic (exact) mass is 401 g/mol. The summed E-state index contributed by atoms with van der Waals surface area (Å²) in [5.74, 6) is 0.968. The van der Waals surface area contributed by atoms with Crippen molar-refractivity contribution < 1.29 is 28.5 Å². The van der Waals surface area contributed by atoms with Gasteiger partial charge in [-0.25, -0.2) is 4.79 Å². The average Bonchev–Trinajstić information content (AvgIpc) is 2.75. The Morgan fingerprint density at radius 2 is 1.69 bits per heavy atom. The zero-order valence-corrected chi connectivity index (χ0v) is 17.2. The Hall–Kier alpha value is -3.22. The van der Waals surface area contributed by atoms with E-state index < -0.39 is 11.9 Å². The molecule has 7 heteroatoms. The fraction of sp³-hybridized carbons (Fsp3) is 0.364. The van der Waals surface area contributed by atoms with Crippen molar-refractivity contribution in [2.45, 2.75) is 26.3 Å². The van der Waals surface area contributed by atoms with E-state index in [1.165, 1.54) is 0 Å². The molecule has 0 aliphatic carbocycles. The Kier molecular flexibility index (Phi) is 8.33. The molecule has 0 saturated heterocycles. The van der Waals surface area contributed by atoms with Gasteiger partial charge in [0.25, 0.3) is 5.91 Å². The van der Waals surface area contributed by atoms with Crippen LogP contribution < -0.4 is 19.5 Å². The van der Waals surface area contributed by atoms with Crippen molar-refractivity contribution in [2.24, 2.45) is 0 Å². The van der Waals surface area contributed by atoms with Gasteiger partial charge in [0.2, 0.25) is 0 Å². The lowest BCUT2D eigenvalue weighted by Gasteiger charge is -2.18. The molecular formula is C22H27NO6. The summed E-state index contributed by atoms with van der Waals surface area (Å²) in [6.45, 7) is 4.05.